The number of oxime groups is 1. The molecule has 0 aromatic heterocycles. The highest BCUT2D eigenvalue weighted by molar-refractivity contribution is 6.30. The van der Waals surface area contributed by atoms with Crippen LogP contribution in [-0.4, -0.2) is 35.3 Å². The predicted octanol–water partition coefficient (Wildman–Crippen LogP) is 2.77. The first kappa shape index (κ1) is 16.6. The van der Waals surface area contributed by atoms with Gasteiger partial charge in [0.25, 0.3) is 5.91 Å². The van der Waals surface area contributed by atoms with Crippen LogP contribution in [0.5, 0.6) is 0 Å². The highest BCUT2D eigenvalue weighted by Gasteiger charge is 2.28. The van der Waals surface area contributed by atoms with Crippen molar-refractivity contribution in [3.8, 4) is 0 Å². The molecule has 1 saturated heterocycles. The lowest BCUT2D eigenvalue weighted by atomic mass is 9.97. The van der Waals surface area contributed by atoms with Gasteiger partial charge in [0.05, 0.1) is 0 Å². The average molecular weight is 324 g/mol. The lowest BCUT2D eigenvalue weighted by molar-refractivity contribution is -0.142. The molecule has 2 atom stereocenters. The monoisotopic (exact) mass is 323 g/mol. The Morgan fingerprint density at radius 2 is 1.91 bits per heavy atom. The molecule has 1 aromatic rings. The summed E-state index contributed by atoms with van der Waals surface area (Å²) >= 11 is 5.81. The number of carbonyl (C=O) groups is 1. The van der Waals surface area contributed by atoms with Crippen LogP contribution in [0.25, 0.3) is 0 Å². The van der Waals surface area contributed by atoms with Crippen molar-refractivity contribution < 1.29 is 9.63 Å². The van der Waals surface area contributed by atoms with Gasteiger partial charge in [-0.15, -0.1) is 0 Å². The SMILES string of the molecule is CC1CCCC(C)N1C(=O)CO/N=C(/N)c1ccc(Cl)cc1. The number of nitrogens with zero attached hydrogens (tertiary/aromatic N) is 2. The van der Waals surface area contributed by atoms with Gasteiger partial charge in [-0.2, -0.15) is 0 Å². The Kier molecular flexibility index (Phi) is 5.66. The zero-order valence-corrected chi connectivity index (χ0v) is 13.7. The zero-order valence-electron chi connectivity index (χ0n) is 13.0. The van der Waals surface area contributed by atoms with Crippen LogP contribution in [0.4, 0.5) is 0 Å². The maximum Gasteiger partial charge on any atom is 0.263 e. The molecule has 2 N–H and O–H groups in total. The fraction of sp³-hybridized carbons (Fsp3) is 0.500. The average Bonchev–Trinajstić information content (AvgIpc) is 2.47. The Hall–Kier alpha value is -1.75. The third kappa shape index (κ3) is 4.13. The van der Waals surface area contributed by atoms with Gasteiger partial charge in [0.1, 0.15) is 0 Å². The molecule has 1 fully saturated rings. The van der Waals surface area contributed by atoms with E-state index in [0.29, 0.717) is 10.6 Å². The van der Waals surface area contributed by atoms with Gasteiger partial charge >= 0.3 is 0 Å². The van der Waals surface area contributed by atoms with Crippen molar-refractivity contribution in [1.29, 1.82) is 0 Å². The quantitative estimate of drug-likeness (QED) is 0.526. The van der Waals surface area contributed by atoms with Crippen LogP contribution < -0.4 is 5.73 Å². The molecule has 1 amide bonds. The highest BCUT2D eigenvalue weighted by Crippen LogP contribution is 2.22. The summed E-state index contributed by atoms with van der Waals surface area (Å²) in [6.07, 6.45) is 3.23. The van der Waals surface area contributed by atoms with E-state index < -0.39 is 0 Å². The lowest BCUT2D eigenvalue weighted by Crippen LogP contribution is -2.48. The van der Waals surface area contributed by atoms with E-state index in [2.05, 4.69) is 19.0 Å². The molecule has 1 heterocycles. The topological polar surface area (TPSA) is 67.9 Å². The van der Waals surface area contributed by atoms with Crippen LogP contribution >= 0.6 is 11.6 Å². The maximum atomic E-state index is 12.3. The van der Waals surface area contributed by atoms with Crippen LogP contribution in [0.3, 0.4) is 0 Å². The van der Waals surface area contributed by atoms with Gasteiger partial charge < -0.3 is 15.5 Å². The minimum atomic E-state index is -0.0943. The summed E-state index contributed by atoms with van der Waals surface area (Å²) < 4.78 is 0. The van der Waals surface area contributed by atoms with Gasteiger partial charge in [0, 0.05) is 22.7 Å². The number of likely N-dealkylation sites (tertiary alicyclic amines) is 1. The number of amides is 1. The van der Waals surface area contributed by atoms with Crippen molar-refractivity contribution in [3.63, 3.8) is 0 Å². The Bertz CT molecular complexity index is 535. The van der Waals surface area contributed by atoms with E-state index in [0.717, 1.165) is 19.3 Å². The normalized spacial score (nSPS) is 22.5. The second-order valence-corrected chi connectivity index (χ2v) is 6.12. The van der Waals surface area contributed by atoms with Crippen LogP contribution in [0.1, 0.15) is 38.7 Å². The molecule has 0 bridgehead atoms. The van der Waals surface area contributed by atoms with E-state index in [9.17, 15) is 4.79 Å². The van der Waals surface area contributed by atoms with Crippen molar-refractivity contribution in [1.82, 2.24) is 4.90 Å². The van der Waals surface area contributed by atoms with E-state index in [1.54, 1.807) is 24.3 Å². The summed E-state index contributed by atoms with van der Waals surface area (Å²) in [6.45, 7) is 4.04. The summed E-state index contributed by atoms with van der Waals surface area (Å²) in [5.74, 6) is 0.177. The summed E-state index contributed by atoms with van der Waals surface area (Å²) in [4.78, 5) is 19.3. The van der Waals surface area contributed by atoms with Crippen molar-refractivity contribution in [2.75, 3.05) is 6.61 Å². The molecule has 0 radical (unpaired) electrons. The molecule has 120 valence electrons. The Morgan fingerprint density at radius 1 is 1.32 bits per heavy atom. The van der Waals surface area contributed by atoms with Gasteiger partial charge in [0.2, 0.25) is 0 Å². The number of halogens is 1. The van der Waals surface area contributed by atoms with Gasteiger partial charge in [-0.05, 0) is 57.4 Å². The second kappa shape index (κ2) is 7.49. The first-order valence-electron chi connectivity index (χ1n) is 7.51. The third-order valence-corrected chi connectivity index (χ3v) is 4.22. The van der Waals surface area contributed by atoms with Gasteiger partial charge in [-0.3, -0.25) is 4.79 Å². The first-order valence-corrected chi connectivity index (χ1v) is 7.89. The van der Waals surface area contributed by atoms with E-state index in [4.69, 9.17) is 22.2 Å². The highest BCUT2D eigenvalue weighted by atomic mass is 35.5. The molecule has 6 heteroatoms. The molecule has 2 rings (SSSR count). The minimum Gasteiger partial charge on any atom is -0.384 e. The fourth-order valence-electron chi connectivity index (χ4n) is 2.82. The third-order valence-electron chi connectivity index (χ3n) is 3.97. The molecule has 5 nitrogen and oxygen atoms in total. The zero-order chi connectivity index (χ0) is 16.1. The number of nitrogens with two attached hydrogens (primary N) is 1. The van der Waals surface area contributed by atoms with E-state index in [1.807, 2.05) is 4.90 Å². The molecular weight excluding hydrogens is 302 g/mol. The lowest BCUT2D eigenvalue weighted by Gasteiger charge is -2.38. The summed E-state index contributed by atoms with van der Waals surface area (Å²) in [5, 5.41) is 4.44. The molecule has 0 saturated carbocycles. The van der Waals surface area contributed by atoms with Crippen molar-refractivity contribution in [3.05, 3.63) is 34.9 Å². The molecule has 2 unspecified atom stereocenters. The number of amidine groups is 1. The minimum absolute atomic E-state index is 0.0487. The molecule has 0 spiro atoms. The van der Waals surface area contributed by atoms with E-state index in [1.165, 1.54) is 0 Å². The number of hydrogen-bond donors (Lipinski definition) is 1. The molecule has 1 aliphatic rings. The standard InChI is InChI=1S/C16H22ClN3O2/c1-11-4-3-5-12(2)20(11)15(21)10-22-19-16(18)13-6-8-14(17)9-7-13/h6-9,11-12H,3-5,10H2,1-2H3,(H2,18,19). The maximum absolute atomic E-state index is 12.3. The van der Waals surface area contributed by atoms with Gasteiger partial charge in [-0.1, -0.05) is 16.8 Å². The Morgan fingerprint density at radius 3 is 2.50 bits per heavy atom. The van der Waals surface area contributed by atoms with Gasteiger partial charge in [-0.25, -0.2) is 0 Å². The molecule has 1 aromatic carbocycles. The smallest absolute Gasteiger partial charge is 0.263 e. The van der Waals surface area contributed by atoms with Crippen LogP contribution in [-0.2, 0) is 9.63 Å². The number of piperidine rings is 1. The molecule has 22 heavy (non-hydrogen) atoms. The van der Waals surface area contributed by atoms with E-state index in [-0.39, 0.29) is 30.4 Å². The van der Waals surface area contributed by atoms with Crippen molar-refractivity contribution >= 4 is 23.3 Å². The summed E-state index contributed by atoms with van der Waals surface area (Å²) in [7, 11) is 0. The number of hydrogen-bond acceptors (Lipinski definition) is 3. The number of carbonyl (C=O) groups excluding carboxylic acids is 1. The van der Waals surface area contributed by atoms with Crippen LogP contribution in [0.2, 0.25) is 5.02 Å². The number of benzene rings is 1. The van der Waals surface area contributed by atoms with Crippen molar-refractivity contribution in [2.24, 2.45) is 10.9 Å². The number of rotatable bonds is 4. The Labute approximate surface area is 136 Å². The van der Waals surface area contributed by atoms with Gasteiger partial charge in [0.15, 0.2) is 12.4 Å². The van der Waals surface area contributed by atoms with E-state index >= 15 is 0 Å². The summed E-state index contributed by atoms with van der Waals surface area (Å²) in [6, 6.07) is 7.44. The fourth-order valence-corrected chi connectivity index (χ4v) is 2.94. The molecule has 0 aliphatic carbocycles. The summed E-state index contributed by atoms with van der Waals surface area (Å²) in [5.41, 5.74) is 6.53. The Balaban J connectivity index is 1.90. The largest absolute Gasteiger partial charge is 0.384 e. The predicted molar refractivity (Wildman–Crippen MR) is 87.7 cm³/mol. The molecule has 1 aliphatic heterocycles. The van der Waals surface area contributed by atoms with Crippen LogP contribution in [0.15, 0.2) is 29.4 Å². The van der Waals surface area contributed by atoms with Crippen LogP contribution in [0, 0.1) is 0 Å². The van der Waals surface area contributed by atoms with Crippen molar-refractivity contribution in [2.45, 2.75) is 45.2 Å². The molecular formula is C16H22ClN3O2. The first-order chi connectivity index (χ1) is 10.5. The second-order valence-electron chi connectivity index (χ2n) is 5.69.